The minimum Gasteiger partial charge on any atom is -0.456 e. The largest absolute Gasteiger partial charge is 0.456 e. The first-order chi connectivity index (χ1) is 12.2. The number of esters is 1. The molecule has 0 amide bonds. The van der Waals surface area contributed by atoms with Crippen molar-refractivity contribution in [1.82, 2.24) is 9.97 Å². The smallest absolute Gasteiger partial charge is 0.344 e. The average Bonchev–Trinajstić information content (AvgIpc) is 3.28. The van der Waals surface area contributed by atoms with Crippen LogP contribution >= 0.6 is 11.3 Å². The van der Waals surface area contributed by atoms with Crippen molar-refractivity contribution in [3.63, 3.8) is 0 Å². The summed E-state index contributed by atoms with van der Waals surface area (Å²) in [5.41, 5.74) is 2.71. The SMILES string of the molecule is O=C(OCc1cnc(-c2ccccc2)s1)c1cc2c([nH]c1=O)CCC2. The molecule has 5 nitrogen and oxygen atoms in total. The minimum atomic E-state index is -0.592. The van der Waals surface area contributed by atoms with Gasteiger partial charge in [0, 0.05) is 17.5 Å². The lowest BCUT2D eigenvalue weighted by atomic mass is 10.1. The van der Waals surface area contributed by atoms with Crippen molar-refractivity contribution in [3.8, 4) is 10.6 Å². The number of aryl methyl sites for hydroxylation is 2. The molecule has 1 N–H and O–H groups in total. The molecule has 4 rings (SSSR count). The van der Waals surface area contributed by atoms with Gasteiger partial charge in [0.15, 0.2) is 0 Å². The van der Waals surface area contributed by atoms with Crippen LogP contribution in [0.1, 0.15) is 32.9 Å². The Morgan fingerprint density at radius 1 is 1.24 bits per heavy atom. The lowest BCUT2D eigenvalue weighted by Gasteiger charge is -2.05. The summed E-state index contributed by atoms with van der Waals surface area (Å²) in [6.45, 7) is 0.111. The van der Waals surface area contributed by atoms with Crippen molar-refractivity contribution < 1.29 is 9.53 Å². The van der Waals surface area contributed by atoms with Gasteiger partial charge in [0.05, 0.1) is 4.88 Å². The highest BCUT2D eigenvalue weighted by Crippen LogP contribution is 2.25. The molecule has 0 saturated heterocycles. The van der Waals surface area contributed by atoms with Crippen molar-refractivity contribution in [1.29, 1.82) is 0 Å². The third kappa shape index (κ3) is 3.25. The number of hydrogen-bond donors (Lipinski definition) is 1. The molecule has 0 bridgehead atoms. The number of hydrogen-bond acceptors (Lipinski definition) is 5. The van der Waals surface area contributed by atoms with Crippen LogP contribution in [-0.4, -0.2) is 15.9 Å². The Balaban J connectivity index is 1.46. The third-order valence-corrected chi connectivity index (χ3v) is 5.25. The number of aromatic amines is 1. The van der Waals surface area contributed by atoms with Gasteiger partial charge in [-0.1, -0.05) is 30.3 Å². The number of H-pyrrole nitrogens is 1. The molecule has 0 aliphatic heterocycles. The molecule has 3 aromatic rings. The average molecular weight is 352 g/mol. The number of carbonyl (C=O) groups is 1. The van der Waals surface area contributed by atoms with Gasteiger partial charge in [-0.3, -0.25) is 4.79 Å². The van der Waals surface area contributed by atoms with E-state index in [0.29, 0.717) is 0 Å². The molecule has 0 saturated carbocycles. The van der Waals surface area contributed by atoms with Gasteiger partial charge in [0.1, 0.15) is 17.2 Å². The van der Waals surface area contributed by atoms with Crippen LogP contribution in [0.5, 0.6) is 0 Å². The van der Waals surface area contributed by atoms with Crippen LogP contribution in [0.2, 0.25) is 0 Å². The van der Waals surface area contributed by atoms with E-state index in [2.05, 4.69) is 9.97 Å². The van der Waals surface area contributed by atoms with E-state index in [1.807, 2.05) is 30.3 Å². The van der Waals surface area contributed by atoms with E-state index in [-0.39, 0.29) is 17.7 Å². The maximum Gasteiger partial charge on any atom is 0.344 e. The second-order valence-electron chi connectivity index (χ2n) is 5.94. The van der Waals surface area contributed by atoms with Crippen molar-refractivity contribution in [2.75, 3.05) is 0 Å². The summed E-state index contributed by atoms with van der Waals surface area (Å²) in [7, 11) is 0. The van der Waals surface area contributed by atoms with Crippen molar-refractivity contribution in [2.24, 2.45) is 0 Å². The van der Waals surface area contributed by atoms with Crippen LogP contribution in [0, 0.1) is 0 Å². The Kier molecular flexibility index (Phi) is 4.19. The monoisotopic (exact) mass is 352 g/mol. The lowest BCUT2D eigenvalue weighted by Crippen LogP contribution is -2.21. The van der Waals surface area contributed by atoms with E-state index >= 15 is 0 Å². The predicted molar refractivity (Wildman–Crippen MR) is 95.8 cm³/mol. The Hall–Kier alpha value is -2.73. The number of aromatic nitrogens is 2. The number of benzene rings is 1. The molecule has 25 heavy (non-hydrogen) atoms. The number of nitrogens with zero attached hydrogens (tertiary/aromatic N) is 1. The minimum absolute atomic E-state index is 0.0773. The molecular formula is C19H16N2O3S. The van der Waals surface area contributed by atoms with Gasteiger partial charge in [0.25, 0.3) is 5.56 Å². The highest BCUT2D eigenvalue weighted by Gasteiger charge is 2.19. The first-order valence-corrected chi connectivity index (χ1v) is 8.94. The molecule has 1 aromatic carbocycles. The molecule has 6 heteroatoms. The van der Waals surface area contributed by atoms with Crippen molar-refractivity contribution >= 4 is 17.3 Å². The van der Waals surface area contributed by atoms with Gasteiger partial charge in [-0.15, -0.1) is 11.3 Å². The summed E-state index contributed by atoms with van der Waals surface area (Å²) in [5, 5.41) is 0.877. The molecular weight excluding hydrogens is 336 g/mol. The van der Waals surface area contributed by atoms with E-state index in [4.69, 9.17) is 4.74 Å². The molecule has 0 atom stereocenters. The quantitative estimate of drug-likeness (QED) is 0.731. The molecule has 2 aromatic heterocycles. The summed E-state index contributed by atoms with van der Waals surface area (Å²) in [5.74, 6) is -0.592. The lowest BCUT2D eigenvalue weighted by molar-refractivity contribution is 0.0474. The Morgan fingerprint density at radius 3 is 2.92 bits per heavy atom. The Morgan fingerprint density at radius 2 is 2.08 bits per heavy atom. The highest BCUT2D eigenvalue weighted by atomic mass is 32.1. The number of carbonyl (C=O) groups excluding carboxylic acids is 1. The fourth-order valence-electron chi connectivity index (χ4n) is 2.97. The molecule has 1 aliphatic carbocycles. The molecule has 126 valence electrons. The van der Waals surface area contributed by atoms with E-state index in [1.54, 1.807) is 12.3 Å². The second-order valence-corrected chi connectivity index (χ2v) is 7.06. The fourth-order valence-corrected chi connectivity index (χ4v) is 3.80. The second kappa shape index (κ2) is 6.64. The molecule has 2 heterocycles. The summed E-state index contributed by atoms with van der Waals surface area (Å²) in [6.07, 6.45) is 4.46. The van der Waals surface area contributed by atoms with Crippen LogP contribution < -0.4 is 5.56 Å². The first kappa shape index (κ1) is 15.8. The topological polar surface area (TPSA) is 72.0 Å². The van der Waals surface area contributed by atoms with Gasteiger partial charge >= 0.3 is 5.97 Å². The van der Waals surface area contributed by atoms with E-state index in [9.17, 15) is 9.59 Å². The maximum absolute atomic E-state index is 12.3. The number of fused-ring (bicyclic) bond motifs is 1. The van der Waals surface area contributed by atoms with Crippen LogP contribution in [0.3, 0.4) is 0 Å². The zero-order valence-electron chi connectivity index (χ0n) is 13.5. The number of rotatable bonds is 4. The highest BCUT2D eigenvalue weighted by molar-refractivity contribution is 7.15. The van der Waals surface area contributed by atoms with Crippen molar-refractivity contribution in [3.05, 3.63) is 74.6 Å². The molecule has 0 fully saturated rings. The summed E-state index contributed by atoms with van der Waals surface area (Å²) in [4.78, 5) is 32.3. The van der Waals surface area contributed by atoms with Crippen LogP contribution in [-0.2, 0) is 24.2 Å². The van der Waals surface area contributed by atoms with Crippen LogP contribution in [0.4, 0.5) is 0 Å². The number of pyridine rings is 1. The summed E-state index contributed by atoms with van der Waals surface area (Å²) >= 11 is 1.47. The van der Waals surface area contributed by atoms with Gasteiger partial charge < -0.3 is 9.72 Å². The summed E-state index contributed by atoms with van der Waals surface area (Å²) < 4.78 is 5.32. The number of nitrogens with one attached hydrogen (secondary N) is 1. The van der Waals surface area contributed by atoms with Gasteiger partial charge in [-0.25, -0.2) is 9.78 Å². The van der Waals surface area contributed by atoms with E-state index in [1.165, 1.54) is 11.3 Å². The van der Waals surface area contributed by atoms with Gasteiger partial charge in [-0.05, 0) is 30.9 Å². The number of ether oxygens (including phenoxy) is 1. The summed E-state index contributed by atoms with van der Waals surface area (Å²) in [6, 6.07) is 11.5. The normalized spacial score (nSPS) is 12.8. The van der Waals surface area contributed by atoms with Crippen LogP contribution in [0.25, 0.3) is 10.6 Å². The van der Waals surface area contributed by atoms with E-state index in [0.717, 1.165) is 46.0 Å². The number of thiazole rings is 1. The Labute approximate surface area is 148 Å². The maximum atomic E-state index is 12.3. The van der Waals surface area contributed by atoms with Crippen LogP contribution in [0.15, 0.2) is 47.4 Å². The molecule has 0 unspecified atom stereocenters. The zero-order valence-corrected chi connectivity index (χ0v) is 14.3. The van der Waals surface area contributed by atoms with E-state index < -0.39 is 5.97 Å². The predicted octanol–water partition coefficient (Wildman–Crippen LogP) is 3.34. The zero-order chi connectivity index (χ0) is 17.2. The third-order valence-electron chi connectivity index (χ3n) is 4.23. The molecule has 1 aliphatic rings. The molecule has 0 spiro atoms. The molecule has 0 radical (unpaired) electrons. The fraction of sp³-hybridized carbons (Fsp3) is 0.211. The Bertz CT molecular complexity index is 976. The van der Waals surface area contributed by atoms with Crippen molar-refractivity contribution in [2.45, 2.75) is 25.9 Å². The van der Waals surface area contributed by atoms with Gasteiger partial charge in [-0.2, -0.15) is 0 Å². The standard InChI is InChI=1S/C19H16N2O3S/c22-17-15(9-13-7-4-8-16(13)21-17)19(23)24-11-14-10-20-18(25-14)12-5-2-1-3-6-12/h1-3,5-6,9-10H,4,7-8,11H2,(H,21,22). The first-order valence-electron chi connectivity index (χ1n) is 8.13. The van der Waals surface area contributed by atoms with Gasteiger partial charge in [0.2, 0.25) is 0 Å².